The van der Waals surface area contributed by atoms with Gasteiger partial charge in [0, 0.05) is 36.6 Å². The molecule has 2 aromatic rings. The fourth-order valence-corrected chi connectivity index (χ4v) is 3.78. The molecule has 1 fully saturated rings. The highest BCUT2D eigenvalue weighted by Gasteiger charge is 2.24. The first-order valence-electron chi connectivity index (χ1n) is 9.34. The summed E-state index contributed by atoms with van der Waals surface area (Å²) in [4.78, 5) is 28.0. The first-order valence-corrected chi connectivity index (χ1v) is 9.34. The Morgan fingerprint density at radius 3 is 2.50 bits per heavy atom. The zero-order chi connectivity index (χ0) is 18.8. The fraction of sp³-hybridized carbons (Fsp3) is 0.333. The molecule has 2 heterocycles. The fourth-order valence-electron chi connectivity index (χ4n) is 3.78. The average Bonchev–Trinajstić information content (AvgIpc) is 3.12. The Kier molecular flexibility index (Phi) is 6.09. The predicted octanol–water partition coefficient (Wildman–Crippen LogP) is 3.18. The van der Waals surface area contributed by atoms with Crippen molar-refractivity contribution in [3.63, 3.8) is 0 Å². The van der Waals surface area contributed by atoms with Gasteiger partial charge in [-0.15, -0.1) is 12.4 Å². The maximum absolute atomic E-state index is 12.7. The van der Waals surface area contributed by atoms with Crippen LogP contribution in [0.4, 0.5) is 17.1 Å². The van der Waals surface area contributed by atoms with Crippen LogP contribution in [0.1, 0.15) is 24.8 Å². The first kappa shape index (κ1) is 20.0. The summed E-state index contributed by atoms with van der Waals surface area (Å²) >= 11 is 0. The normalized spacial score (nSPS) is 15.8. The van der Waals surface area contributed by atoms with Crippen LogP contribution in [-0.2, 0) is 16.0 Å². The lowest BCUT2D eigenvalue weighted by Gasteiger charge is -2.30. The molecule has 2 aliphatic heterocycles. The summed E-state index contributed by atoms with van der Waals surface area (Å²) < 4.78 is 5.68. The summed E-state index contributed by atoms with van der Waals surface area (Å²) in [7, 11) is 0. The van der Waals surface area contributed by atoms with Crippen LogP contribution < -0.4 is 20.3 Å². The lowest BCUT2D eigenvalue weighted by molar-refractivity contribution is -0.120. The van der Waals surface area contributed by atoms with E-state index in [1.54, 1.807) is 21.9 Å². The summed E-state index contributed by atoms with van der Waals surface area (Å²) in [5.41, 5.74) is 9.58. The van der Waals surface area contributed by atoms with Crippen molar-refractivity contribution in [1.82, 2.24) is 0 Å². The second-order valence-corrected chi connectivity index (χ2v) is 6.93. The number of carbonyl (C=O) groups excluding carboxylic acids is 2. The number of benzene rings is 2. The Hall–Kier alpha value is -2.73. The van der Waals surface area contributed by atoms with Gasteiger partial charge in [-0.3, -0.25) is 9.59 Å². The van der Waals surface area contributed by atoms with Gasteiger partial charge in [-0.05, 0) is 61.2 Å². The molecule has 0 bridgehead atoms. The van der Waals surface area contributed by atoms with Gasteiger partial charge < -0.3 is 20.3 Å². The lowest BCUT2D eigenvalue weighted by atomic mass is 10.00. The van der Waals surface area contributed by atoms with Crippen molar-refractivity contribution in [2.75, 3.05) is 35.2 Å². The van der Waals surface area contributed by atoms with Crippen LogP contribution in [-0.4, -0.2) is 31.5 Å². The summed E-state index contributed by atoms with van der Waals surface area (Å²) in [5.74, 6) is 0.686. The minimum Gasteiger partial charge on any atom is -0.484 e. The maximum Gasteiger partial charge on any atom is 0.264 e. The molecule has 2 N–H and O–H groups in total. The van der Waals surface area contributed by atoms with Gasteiger partial charge in [0.15, 0.2) is 6.61 Å². The number of rotatable bonds is 4. The molecule has 0 radical (unpaired) electrons. The van der Waals surface area contributed by atoms with Crippen LogP contribution in [0.25, 0.3) is 0 Å². The number of anilines is 3. The monoisotopic (exact) mass is 401 g/mol. The minimum absolute atomic E-state index is 0. The number of hydrogen-bond acceptors (Lipinski definition) is 4. The highest BCUT2D eigenvalue weighted by molar-refractivity contribution is 5.97. The van der Waals surface area contributed by atoms with Gasteiger partial charge in [0.05, 0.1) is 0 Å². The average molecular weight is 402 g/mol. The second-order valence-electron chi connectivity index (χ2n) is 6.93. The number of halogens is 1. The van der Waals surface area contributed by atoms with Crippen molar-refractivity contribution in [1.29, 1.82) is 0 Å². The molecule has 0 spiro atoms. The number of nitrogen functional groups attached to an aromatic ring is 1. The summed E-state index contributed by atoms with van der Waals surface area (Å²) in [5, 5.41) is 0. The van der Waals surface area contributed by atoms with Crippen molar-refractivity contribution in [2.45, 2.75) is 25.7 Å². The quantitative estimate of drug-likeness (QED) is 0.798. The van der Waals surface area contributed by atoms with Gasteiger partial charge in [-0.1, -0.05) is 6.07 Å². The van der Waals surface area contributed by atoms with Crippen LogP contribution >= 0.6 is 12.4 Å². The summed E-state index contributed by atoms with van der Waals surface area (Å²) in [6.07, 6.45) is 3.29. The number of fused-ring (bicyclic) bond motifs is 1. The number of hydrogen-bond donors (Lipinski definition) is 1. The van der Waals surface area contributed by atoms with Crippen LogP contribution in [0.15, 0.2) is 42.5 Å². The molecule has 7 heteroatoms. The Labute approximate surface area is 170 Å². The lowest BCUT2D eigenvalue weighted by Crippen LogP contribution is -2.38. The van der Waals surface area contributed by atoms with Crippen LogP contribution in [0.5, 0.6) is 5.75 Å². The zero-order valence-electron chi connectivity index (χ0n) is 15.6. The molecular weight excluding hydrogens is 378 g/mol. The van der Waals surface area contributed by atoms with Crippen molar-refractivity contribution < 1.29 is 14.3 Å². The standard InChI is InChI=1S/C21H23N3O3.ClH/c22-18-5-1-6-19-17(18)4-2-13-24(19)21(26)14-27-16-10-8-15(9-11-16)23-12-3-7-20(23)25;/h1,5-6,8-11H,2-4,7,12-14,22H2;1H. The second kappa shape index (κ2) is 8.52. The van der Waals surface area contributed by atoms with E-state index in [0.29, 0.717) is 18.7 Å². The zero-order valence-corrected chi connectivity index (χ0v) is 16.4. The summed E-state index contributed by atoms with van der Waals surface area (Å²) in [6.45, 7) is 1.40. The van der Waals surface area contributed by atoms with Gasteiger partial charge in [-0.2, -0.15) is 0 Å². The molecule has 28 heavy (non-hydrogen) atoms. The molecular formula is C21H24ClN3O3. The van der Waals surface area contributed by atoms with E-state index in [0.717, 1.165) is 48.4 Å². The maximum atomic E-state index is 12.7. The van der Waals surface area contributed by atoms with E-state index in [9.17, 15) is 9.59 Å². The van der Waals surface area contributed by atoms with Gasteiger partial charge in [0.2, 0.25) is 5.91 Å². The molecule has 148 valence electrons. The highest BCUT2D eigenvalue weighted by atomic mass is 35.5. The third kappa shape index (κ3) is 3.92. The van der Waals surface area contributed by atoms with Gasteiger partial charge in [0.25, 0.3) is 5.91 Å². The van der Waals surface area contributed by atoms with E-state index < -0.39 is 0 Å². The Bertz CT molecular complexity index is 870. The van der Waals surface area contributed by atoms with E-state index in [1.807, 2.05) is 30.3 Å². The van der Waals surface area contributed by atoms with Gasteiger partial charge in [0.1, 0.15) is 5.75 Å². The van der Waals surface area contributed by atoms with E-state index in [-0.39, 0.29) is 30.8 Å². The highest BCUT2D eigenvalue weighted by Crippen LogP contribution is 2.31. The van der Waals surface area contributed by atoms with E-state index in [4.69, 9.17) is 10.5 Å². The number of ether oxygens (including phenoxy) is 1. The predicted molar refractivity (Wildman–Crippen MR) is 112 cm³/mol. The molecule has 2 aromatic carbocycles. The SMILES string of the molecule is Cl.Nc1cccc2c1CCCN2C(=O)COc1ccc(N2CCCC2=O)cc1. The van der Waals surface area contributed by atoms with Gasteiger partial charge in [-0.25, -0.2) is 0 Å². The molecule has 0 aliphatic carbocycles. The minimum atomic E-state index is -0.0830. The Balaban J connectivity index is 0.00000225. The van der Waals surface area contributed by atoms with Crippen LogP contribution in [0.3, 0.4) is 0 Å². The Morgan fingerprint density at radius 1 is 1.04 bits per heavy atom. The molecule has 6 nitrogen and oxygen atoms in total. The first-order chi connectivity index (χ1) is 13.1. The molecule has 4 rings (SSSR count). The molecule has 0 atom stereocenters. The molecule has 0 saturated carbocycles. The number of carbonyl (C=O) groups is 2. The molecule has 2 aliphatic rings. The van der Waals surface area contributed by atoms with Crippen molar-refractivity contribution in [3.8, 4) is 5.75 Å². The number of amides is 2. The third-order valence-electron chi connectivity index (χ3n) is 5.17. The Morgan fingerprint density at radius 2 is 1.79 bits per heavy atom. The van der Waals surface area contributed by atoms with E-state index in [1.165, 1.54) is 0 Å². The smallest absolute Gasteiger partial charge is 0.264 e. The molecule has 1 saturated heterocycles. The van der Waals surface area contributed by atoms with Crippen LogP contribution in [0, 0.1) is 0 Å². The van der Waals surface area contributed by atoms with Crippen molar-refractivity contribution >= 4 is 41.3 Å². The molecule has 0 aromatic heterocycles. The number of nitrogens with two attached hydrogens (primary N) is 1. The topological polar surface area (TPSA) is 75.9 Å². The van der Waals surface area contributed by atoms with E-state index in [2.05, 4.69) is 0 Å². The van der Waals surface area contributed by atoms with Crippen LogP contribution in [0.2, 0.25) is 0 Å². The van der Waals surface area contributed by atoms with Gasteiger partial charge >= 0.3 is 0 Å². The number of nitrogens with zero attached hydrogens (tertiary/aromatic N) is 2. The third-order valence-corrected chi connectivity index (χ3v) is 5.17. The molecule has 2 amide bonds. The largest absolute Gasteiger partial charge is 0.484 e. The van der Waals surface area contributed by atoms with E-state index >= 15 is 0 Å². The molecule has 0 unspecified atom stereocenters. The van der Waals surface area contributed by atoms with Crippen molar-refractivity contribution in [2.24, 2.45) is 0 Å². The van der Waals surface area contributed by atoms with Crippen molar-refractivity contribution in [3.05, 3.63) is 48.0 Å². The summed E-state index contributed by atoms with van der Waals surface area (Å²) in [6, 6.07) is 13.0.